The number of azo groups is 1. The van der Waals surface area contributed by atoms with Crippen LogP contribution in [0.25, 0.3) is 0 Å². The first-order valence-corrected chi connectivity index (χ1v) is 7.28. The van der Waals surface area contributed by atoms with E-state index in [1.54, 1.807) is 12.1 Å². The minimum absolute atomic E-state index is 0.382. The van der Waals surface area contributed by atoms with E-state index in [0.29, 0.717) is 20.8 Å². The second-order valence-corrected chi connectivity index (χ2v) is 6.35. The minimum atomic E-state index is -0.607. The summed E-state index contributed by atoms with van der Waals surface area (Å²) in [7, 11) is 0. The first kappa shape index (κ1) is 14.4. The number of rotatable bonds is 2. The summed E-state index contributed by atoms with van der Waals surface area (Å²) in [5, 5.41) is 9.57. The lowest BCUT2D eigenvalue weighted by Gasteiger charge is -2.25. The van der Waals surface area contributed by atoms with Gasteiger partial charge in [-0.25, -0.2) is 0 Å². The van der Waals surface area contributed by atoms with Crippen LogP contribution in [0.1, 0.15) is 32.1 Å². The summed E-state index contributed by atoms with van der Waals surface area (Å²) in [5.74, 6) is 0. The molecule has 1 saturated carbocycles. The Morgan fingerprint density at radius 3 is 2.06 bits per heavy atom. The molecule has 0 amide bonds. The molecule has 0 spiro atoms. The highest BCUT2D eigenvalue weighted by Crippen LogP contribution is 2.40. The Labute approximate surface area is 126 Å². The Kier molecular flexibility index (Phi) is 4.76. The molecular formula is C12H12Cl4N2. The number of halogens is 4. The van der Waals surface area contributed by atoms with Gasteiger partial charge in [-0.05, 0) is 37.8 Å². The highest BCUT2D eigenvalue weighted by Gasteiger charge is 2.29. The predicted molar refractivity (Wildman–Crippen MR) is 77.7 cm³/mol. The van der Waals surface area contributed by atoms with Crippen molar-refractivity contribution >= 4 is 52.1 Å². The molecular weight excluding hydrogens is 314 g/mol. The van der Waals surface area contributed by atoms with Crippen LogP contribution in [0.4, 0.5) is 5.69 Å². The van der Waals surface area contributed by atoms with Crippen molar-refractivity contribution in [3.8, 4) is 0 Å². The van der Waals surface area contributed by atoms with Crippen LogP contribution in [0.15, 0.2) is 22.4 Å². The number of hydrogen-bond donors (Lipinski definition) is 0. The van der Waals surface area contributed by atoms with Gasteiger partial charge in [-0.3, -0.25) is 0 Å². The summed E-state index contributed by atoms with van der Waals surface area (Å²) in [4.78, 5) is -0.607. The van der Waals surface area contributed by atoms with Crippen LogP contribution in [-0.2, 0) is 0 Å². The predicted octanol–water partition coefficient (Wildman–Crippen LogP) is 6.63. The zero-order valence-electron chi connectivity index (χ0n) is 9.60. The van der Waals surface area contributed by atoms with E-state index in [2.05, 4.69) is 10.2 Å². The number of nitrogens with zero attached hydrogens (tertiary/aromatic N) is 2. The van der Waals surface area contributed by atoms with Crippen molar-refractivity contribution in [2.45, 2.75) is 37.1 Å². The number of alkyl halides is 1. The Balaban J connectivity index is 2.23. The van der Waals surface area contributed by atoms with Gasteiger partial charge in [0.2, 0.25) is 0 Å². The van der Waals surface area contributed by atoms with Gasteiger partial charge in [0.1, 0.15) is 5.69 Å². The molecule has 98 valence electrons. The minimum Gasteiger partial charge on any atom is -0.165 e. The van der Waals surface area contributed by atoms with Gasteiger partial charge in [0.25, 0.3) is 0 Å². The third-order valence-corrected chi connectivity index (χ3v) is 4.18. The van der Waals surface area contributed by atoms with Crippen LogP contribution >= 0.6 is 46.4 Å². The first-order chi connectivity index (χ1) is 8.50. The average molecular weight is 326 g/mol. The molecule has 1 fully saturated rings. The monoisotopic (exact) mass is 324 g/mol. The van der Waals surface area contributed by atoms with E-state index in [9.17, 15) is 0 Å². The number of benzene rings is 1. The van der Waals surface area contributed by atoms with E-state index in [1.165, 1.54) is 6.42 Å². The number of hydrogen-bond acceptors (Lipinski definition) is 2. The topological polar surface area (TPSA) is 24.7 Å². The SMILES string of the molecule is Clc1cc(Cl)c(N=NC2(Cl)CCCCC2)c(Cl)c1. The largest absolute Gasteiger partial charge is 0.165 e. The molecule has 1 aromatic carbocycles. The van der Waals surface area contributed by atoms with Crippen molar-refractivity contribution in [3.05, 3.63) is 27.2 Å². The zero-order chi connectivity index (χ0) is 13.2. The fourth-order valence-electron chi connectivity index (χ4n) is 1.96. The molecule has 0 heterocycles. The Morgan fingerprint density at radius 1 is 0.944 bits per heavy atom. The van der Waals surface area contributed by atoms with Crippen molar-refractivity contribution in [1.29, 1.82) is 0 Å². The standard InChI is InChI=1S/C12H12Cl4N2/c13-8-6-9(14)11(10(15)7-8)17-18-12(16)4-2-1-3-5-12/h6-7H,1-5H2. The summed E-state index contributed by atoms with van der Waals surface area (Å²) in [5.41, 5.74) is 0.424. The molecule has 6 heteroatoms. The van der Waals surface area contributed by atoms with Gasteiger partial charge in [-0.15, -0.1) is 0 Å². The molecule has 2 nitrogen and oxygen atoms in total. The molecule has 1 aromatic rings. The maximum absolute atomic E-state index is 6.39. The summed E-state index contributed by atoms with van der Waals surface area (Å²) >= 11 is 24.3. The third kappa shape index (κ3) is 3.51. The maximum atomic E-state index is 6.39. The molecule has 0 bridgehead atoms. The van der Waals surface area contributed by atoms with Crippen LogP contribution in [0.5, 0.6) is 0 Å². The Hall–Kier alpha value is -0.0200. The quantitative estimate of drug-likeness (QED) is 0.331. The normalized spacial score (nSPS) is 19.3. The van der Waals surface area contributed by atoms with Gasteiger partial charge in [-0.2, -0.15) is 10.2 Å². The van der Waals surface area contributed by atoms with Crippen molar-refractivity contribution in [3.63, 3.8) is 0 Å². The molecule has 18 heavy (non-hydrogen) atoms. The summed E-state index contributed by atoms with van der Waals surface area (Å²) < 4.78 is 0. The van der Waals surface area contributed by atoms with E-state index in [0.717, 1.165) is 25.7 Å². The lowest BCUT2D eigenvalue weighted by molar-refractivity contribution is 0.390. The summed E-state index contributed by atoms with van der Waals surface area (Å²) in [6.45, 7) is 0. The second-order valence-electron chi connectivity index (χ2n) is 4.40. The van der Waals surface area contributed by atoms with E-state index in [-0.39, 0.29) is 0 Å². The highest BCUT2D eigenvalue weighted by atomic mass is 35.5. The van der Waals surface area contributed by atoms with Gasteiger partial charge >= 0.3 is 0 Å². The fraction of sp³-hybridized carbons (Fsp3) is 0.500. The van der Waals surface area contributed by atoms with Crippen LogP contribution in [0, 0.1) is 0 Å². The molecule has 0 atom stereocenters. The Morgan fingerprint density at radius 2 is 1.50 bits per heavy atom. The molecule has 0 radical (unpaired) electrons. The Bertz CT molecular complexity index is 444. The highest BCUT2D eigenvalue weighted by molar-refractivity contribution is 6.41. The molecule has 0 aliphatic heterocycles. The average Bonchev–Trinajstić information content (AvgIpc) is 2.28. The van der Waals surface area contributed by atoms with Gasteiger partial charge < -0.3 is 0 Å². The molecule has 0 N–H and O–H groups in total. The summed E-state index contributed by atoms with van der Waals surface area (Å²) in [6, 6.07) is 3.18. The van der Waals surface area contributed by atoms with Gasteiger partial charge in [-0.1, -0.05) is 52.8 Å². The zero-order valence-corrected chi connectivity index (χ0v) is 12.6. The molecule has 2 rings (SSSR count). The van der Waals surface area contributed by atoms with Crippen LogP contribution in [0.3, 0.4) is 0 Å². The van der Waals surface area contributed by atoms with Crippen molar-refractivity contribution < 1.29 is 0 Å². The molecule has 0 unspecified atom stereocenters. The van der Waals surface area contributed by atoms with E-state index in [4.69, 9.17) is 46.4 Å². The van der Waals surface area contributed by atoms with Gasteiger partial charge in [0.15, 0.2) is 5.00 Å². The summed E-state index contributed by atoms with van der Waals surface area (Å²) in [6.07, 6.45) is 5.02. The van der Waals surface area contributed by atoms with Crippen LogP contribution < -0.4 is 0 Å². The van der Waals surface area contributed by atoms with E-state index in [1.807, 2.05) is 0 Å². The van der Waals surface area contributed by atoms with E-state index < -0.39 is 5.00 Å². The van der Waals surface area contributed by atoms with Crippen LogP contribution in [-0.4, -0.2) is 5.00 Å². The molecule has 0 aromatic heterocycles. The second kappa shape index (κ2) is 5.96. The molecule has 1 aliphatic carbocycles. The first-order valence-electron chi connectivity index (χ1n) is 5.76. The molecule has 0 saturated heterocycles. The lowest BCUT2D eigenvalue weighted by atomic mass is 9.95. The van der Waals surface area contributed by atoms with Crippen molar-refractivity contribution in [2.24, 2.45) is 10.2 Å². The van der Waals surface area contributed by atoms with Gasteiger partial charge in [0, 0.05) is 5.02 Å². The van der Waals surface area contributed by atoms with E-state index >= 15 is 0 Å². The van der Waals surface area contributed by atoms with Crippen LogP contribution in [0.2, 0.25) is 15.1 Å². The third-order valence-electron chi connectivity index (χ3n) is 2.93. The lowest BCUT2D eigenvalue weighted by Crippen LogP contribution is -2.21. The smallest absolute Gasteiger partial charge is 0.155 e. The van der Waals surface area contributed by atoms with Crippen molar-refractivity contribution in [1.82, 2.24) is 0 Å². The van der Waals surface area contributed by atoms with Crippen molar-refractivity contribution in [2.75, 3.05) is 0 Å². The molecule has 1 aliphatic rings. The fourth-order valence-corrected chi connectivity index (χ4v) is 3.16. The maximum Gasteiger partial charge on any atom is 0.155 e. The van der Waals surface area contributed by atoms with Gasteiger partial charge in [0.05, 0.1) is 10.0 Å².